The number of rotatable bonds is 4. The highest BCUT2D eigenvalue weighted by atomic mass is 35.5. The Labute approximate surface area is 163 Å². The van der Waals surface area contributed by atoms with Crippen LogP contribution in [0.1, 0.15) is 17.0 Å². The lowest BCUT2D eigenvalue weighted by Crippen LogP contribution is -2.31. The van der Waals surface area contributed by atoms with Crippen LogP contribution in [0.3, 0.4) is 0 Å². The van der Waals surface area contributed by atoms with Crippen LogP contribution in [0, 0.1) is 0 Å². The smallest absolute Gasteiger partial charge is 0.330 e. The van der Waals surface area contributed by atoms with Gasteiger partial charge < -0.3 is 5.73 Å². The van der Waals surface area contributed by atoms with Crippen molar-refractivity contribution in [1.82, 2.24) is 0 Å². The molecular weight excluding hydrogens is 423 g/mol. The van der Waals surface area contributed by atoms with E-state index >= 15 is 0 Å². The third kappa shape index (κ3) is 3.51. The van der Waals surface area contributed by atoms with Gasteiger partial charge in [-0.1, -0.05) is 17.7 Å². The standard InChI is InChI=1S/C16H15ClF3N3O4S/c17-13-4-2-11(6-15(13)23(24)25)28(26,27)22-8-9(7-21)12-3-1-10(5-14(12)22)16(18,19)20/h1-6,9,24-25H,7-8,21H2. The van der Waals surface area contributed by atoms with E-state index in [0.29, 0.717) is 5.56 Å². The van der Waals surface area contributed by atoms with Crippen molar-refractivity contribution in [3.63, 3.8) is 0 Å². The molecule has 0 aliphatic carbocycles. The molecule has 3 rings (SSSR count). The first kappa shape index (κ1) is 20.7. The van der Waals surface area contributed by atoms with Crippen molar-refractivity contribution in [2.75, 3.05) is 22.6 Å². The second-order valence-electron chi connectivity index (χ2n) is 6.14. The highest BCUT2D eigenvalue weighted by Gasteiger charge is 2.39. The predicted molar refractivity (Wildman–Crippen MR) is 95.3 cm³/mol. The summed E-state index contributed by atoms with van der Waals surface area (Å²) in [7, 11) is -4.33. The first-order chi connectivity index (χ1) is 13.0. The highest BCUT2D eigenvalue weighted by molar-refractivity contribution is 7.92. The Balaban J connectivity index is 2.13. The molecule has 0 saturated carbocycles. The van der Waals surface area contributed by atoms with Crippen LogP contribution in [-0.4, -0.2) is 31.9 Å². The topological polar surface area (TPSA) is 107 Å². The van der Waals surface area contributed by atoms with Crippen molar-refractivity contribution in [2.24, 2.45) is 5.73 Å². The number of nitrogens with zero attached hydrogens (tertiary/aromatic N) is 2. The van der Waals surface area contributed by atoms with Crippen LogP contribution in [0.25, 0.3) is 0 Å². The summed E-state index contributed by atoms with van der Waals surface area (Å²) in [5.41, 5.74) is 4.55. The Bertz CT molecular complexity index is 1010. The zero-order chi connectivity index (χ0) is 20.9. The van der Waals surface area contributed by atoms with Gasteiger partial charge in [0.2, 0.25) is 0 Å². The number of hydrogen-bond acceptors (Lipinski definition) is 6. The van der Waals surface area contributed by atoms with Gasteiger partial charge in [0, 0.05) is 19.0 Å². The van der Waals surface area contributed by atoms with E-state index in [1.165, 1.54) is 6.07 Å². The normalized spacial score (nSPS) is 17.0. The molecule has 0 radical (unpaired) electrons. The van der Waals surface area contributed by atoms with Crippen LogP contribution in [0.15, 0.2) is 41.3 Å². The molecule has 2 aromatic carbocycles. The summed E-state index contributed by atoms with van der Waals surface area (Å²) in [5.74, 6) is -0.481. The number of halogens is 4. The number of benzene rings is 2. The van der Waals surface area contributed by atoms with Gasteiger partial charge in [-0.3, -0.25) is 14.7 Å². The summed E-state index contributed by atoms with van der Waals surface area (Å²) in [5, 5.41) is 17.9. The molecule has 152 valence electrons. The molecule has 0 amide bonds. The van der Waals surface area contributed by atoms with Gasteiger partial charge >= 0.3 is 6.18 Å². The van der Waals surface area contributed by atoms with Crippen LogP contribution in [0.4, 0.5) is 24.5 Å². The Hall–Kier alpha value is -2.05. The number of hydrogen-bond donors (Lipinski definition) is 3. The maximum absolute atomic E-state index is 13.1. The second-order valence-corrected chi connectivity index (χ2v) is 8.41. The number of fused-ring (bicyclic) bond motifs is 1. The SMILES string of the molecule is NCC1CN(S(=O)(=O)c2ccc(Cl)c(N(O)O)c2)c2cc(C(F)(F)F)ccc21. The Kier molecular flexibility index (Phi) is 5.23. The fourth-order valence-electron chi connectivity index (χ4n) is 3.04. The highest BCUT2D eigenvalue weighted by Crippen LogP contribution is 2.43. The Morgan fingerprint density at radius 2 is 1.89 bits per heavy atom. The van der Waals surface area contributed by atoms with Crippen LogP contribution < -0.4 is 15.3 Å². The van der Waals surface area contributed by atoms with Gasteiger partial charge in [-0.2, -0.15) is 13.2 Å². The molecule has 2 aromatic rings. The number of alkyl halides is 3. The molecule has 0 spiro atoms. The minimum Gasteiger partial charge on any atom is -0.330 e. The molecule has 1 aliphatic rings. The van der Waals surface area contributed by atoms with E-state index in [1.807, 2.05) is 0 Å². The molecule has 0 bridgehead atoms. The minimum atomic E-state index is -4.65. The predicted octanol–water partition coefficient (Wildman–Crippen LogP) is 3.19. The Morgan fingerprint density at radius 3 is 2.46 bits per heavy atom. The molecule has 28 heavy (non-hydrogen) atoms. The van der Waals surface area contributed by atoms with Crippen LogP contribution in [0.2, 0.25) is 5.02 Å². The molecule has 0 saturated heterocycles. The lowest BCUT2D eigenvalue weighted by atomic mass is 10.00. The summed E-state index contributed by atoms with van der Waals surface area (Å²) >= 11 is 5.79. The third-order valence-corrected chi connectivity index (χ3v) is 6.55. The van der Waals surface area contributed by atoms with E-state index in [4.69, 9.17) is 17.3 Å². The van der Waals surface area contributed by atoms with Crippen molar-refractivity contribution in [2.45, 2.75) is 17.0 Å². The number of nitrogens with two attached hydrogens (primary N) is 1. The van der Waals surface area contributed by atoms with Crippen LogP contribution in [0.5, 0.6) is 0 Å². The van der Waals surface area contributed by atoms with Crippen molar-refractivity contribution in [1.29, 1.82) is 0 Å². The summed E-state index contributed by atoms with van der Waals surface area (Å²) in [6.07, 6.45) is -4.65. The summed E-state index contributed by atoms with van der Waals surface area (Å²) < 4.78 is 66.3. The van der Waals surface area contributed by atoms with Gasteiger partial charge in [-0.15, -0.1) is 5.23 Å². The van der Waals surface area contributed by atoms with Gasteiger partial charge in [0.15, 0.2) is 0 Å². The lowest BCUT2D eigenvalue weighted by Gasteiger charge is -2.21. The van der Waals surface area contributed by atoms with Gasteiger partial charge in [-0.25, -0.2) is 8.42 Å². The van der Waals surface area contributed by atoms with Crippen LogP contribution in [-0.2, 0) is 16.2 Å². The molecule has 0 aromatic heterocycles. The molecule has 1 atom stereocenters. The van der Waals surface area contributed by atoms with Gasteiger partial charge in [0.1, 0.15) is 5.69 Å². The lowest BCUT2D eigenvalue weighted by molar-refractivity contribution is -0.137. The summed E-state index contributed by atoms with van der Waals surface area (Å²) in [6, 6.07) is 6.03. The summed E-state index contributed by atoms with van der Waals surface area (Å²) in [4.78, 5) is -0.374. The first-order valence-corrected chi connectivity index (χ1v) is 9.70. The van der Waals surface area contributed by atoms with Gasteiger partial charge in [0.05, 0.1) is 21.2 Å². The first-order valence-electron chi connectivity index (χ1n) is 7.88. The zero-order valence-electron chi connectivity index (χ0n) is 14.1. The maximum Gasteiger partial charge on any atom is 0.416 e. The third-order valence-electron chi connectivity index (χ3n) is 4.46. The number of anilines is 2. The monoisotopic (exact) mass is 437 g/mol. The minimum absolute atomic E-state index is 0.0390. The molecule has 1 unspecified atom stereocenters. The molecule has 1 aliphatic heterocycles. The van der Waals surface area contributed by atoms with E-state index in [-0.39, 0.29) is 33.9 Å². The van der Waals surface area contributed by atoms with E-state index in [2.05, 4.69) is 0 Å². The molecular formula is C16H15ClF3N3O4S. The molecule has 4 N–H and O–H groups in total. The summed E-state index contributed by atoms with van der Waals surface area (Å²) in [6.45, 7) is -0.104. The number of sulfonamides is 1. The van der Waals surface area contributed by atoms with Crippen molar-refractivity contribution >= 4 is 33.0 Å². The van der Waals surface area contributed by atoms with Crippen molar-refractivity contribution in [3.05, 3.63) is 52.5 Å². The maximum atomic E-state index is 13.1. The van der Waals surface area contributed by atoms with E-state index < -0.39 is 33.4 Å². The molecule has 7 nitrogen and oxygen atoms in total. The quantitative estimate of drug-likeness (QED) is 0.634. The molecule has 0 fully saturated rings. The van der Waals surface area contributed by atoms with E-state index in [0.717, 1.165) is 34.6 Å². The van der Waals surface area contributed by atoms with E-state index in [9.17, 15) is 32.0 Å². The van der Waals surface area contributed by atoms with Gasteiger partial charge in [-0.05, 0) is 35.9 Å². The Morgan fingerprint density at radius 1 is 1.21 bits per heavy atom. The van der Waals surface area contributed by atoms with Crippen molar-refractivity contribution < 1.29 is 32.0 Å². The second kappa shape index (κ2) is 7.08. The van der Waals surface area contributed by atoms with Crippen LogP contribution >= 0.6 is 11.6 Å². The molecule has 1 heterocycles. The zero-order valence-corrected chi connectivity index (χ0v) is 15.6. The molecule has 12 heteroatoms. The average molecular weight is 438 g/mol. The van der Waals surface area contributed by atoms with Gasteiger partial charge in [0.25, 0.3) is 10.0 Å². The fourth-order valence-corrected chi connectivity index (χ4v) is 4.78. The average Bonchev–Trinajstić information content (AvgIpc) is 2.99. The largest absolute Gasteiger partial charge is 0.416 e. The van der Waals surface area contributed by atoms with E-state index in [1.54, 1.807) is 0 Å². The fraction of sp³-hybridized carbons (Fsp3) is 0.250. The van der Waals surface area contributed by atoms with Crippen molar-refractivity contribution in [3.8, 4) is 0 Å².